The fourth-order valence-corrected chi connectivity index (χ4v) is 1.64. The third kappa shape index (κ3) is 4.50. The van der Waals surface area contributed by atoms with Gasteiger partial charge in [0.15, 0.2) is 0 Å². The topological polar surface area (TPSA) is 43.4 Å². The summed E-state index contributed by atoms with van der Waals surface area (Å²) in [5, 5.41) is 3.24. The van der Waals surface area contributed by atoms with Gasteiger partial charge < -0.3 is 14.8 Å². The maximum absolute atomic E-state index is 5.65. The Morgan fingerprint density at radius 3 is 2.79 bits per heavy atom. The minimum absolute atomic E-state index is 0.660. The van der Waals surface area contributed by atoms with E-state index in [1.807, 2.05) is 42.5 Å². The van der Waals surface area contributed by atoms with Crippen molar-refractivity contribution in [2.24, 2.45) is 0 Å². The lowest BCUT2D eigenvalue weighted by atomic mass is 10.3. The zero-order valence-electron chi connectivity index (χ0n) is 11.0. The molecule has 100 valence electrons. The van der Waals surface area contributed by atoms with E-state index in [2.05, 4.69) is 10.3 Å². The van der Waals surface area contributed by atoms with Crippen molar-refractivity contribution in [3.05, 3.63) is 48.7 Å². The van der Waals surface area contributed by atoms with Gasteiger partial charge in [-0.05, 0) is 30.7 Å². The van der Waals surface area contributed by atoms with Gasteiger partial charge in [-0.25, -0.2) is 4.98 Å². The number of hydrogen-bond donors (Lipinski definition) is 1. The second-order valence-electron chi connectivity index (χ2n) is 4.02. The van der Waals surface area contributed by atoms with Crippen molar-refractivity contribution in [2.75, 3.05) is 25.6 Å². The van der Waals surface area contributed by atoms with Crippen LogP contribution in [0.3, 0.4) is 0 Å². The van der Waals surface area contributed by atoms with Crippen LogP contribution in [-0.4, -0.2) is 25.2 Å². The van der Waals surface area contributed by atoms with Crippen molar-refractivity contribution in [3.63, 3.8) is 0 Å². The highest BCUT2D eigenvalue weighted by atomic mass is 16.5. The fourth-order valence-electron chi connectivity index (χ4n) is 1.64. The lowest BCUT2D eigenvalue weighted by molar-refractivity contribution is 0.312. The second-order valence-corrected chi connectivity index (χ2v) is 4.02. The smallest absolute Gasteiger partial charge is 0.125 e. The first-order chi connectivity index (χ1) is 9.38. The zero-order valence-corrected chi connectivity index (χ0v) is 11.0. The SMILES string of the molecule is COc1cccc(OCCCNc2ccccn2)c1. The van der Waals surface area contributed by atoms with Gasteiger partial charge in [0.25, 0.3) is 0 Å². The maximum atomic E-state index is 5.65. The number of pyridine rings is 1. The van der Waals surface area contributed by atoms with Crippen LogP contribution in [0.15, 0.2) is 48.7 Å². The molecule has 0 amide bonds. The molecule has 4 nitrogen and oxygen atoms in total. The van der Waals surface area contributed by atoms with Crippen molar-refractivity contribution in [2.45, 2.75) is 6.42 Å². The van der Waals surface area contributed by atoms with Gasteiger partial charge in [-0.2, -0.15) is 0 Å². The van der Waals surface area contributed by atoms with Crippen LogP contribution in [0, 0.1) is 0 Å². The standard InChI is InChI=1S/C15H18N2O2/c1-18-13-6-4-7-14(12-13)19-11-5-10-17-15-8-2-3-9-16-15/h2-4,6-9,12H,5,10-11H2,1H3,(H,16,17). The number of rotatable bonds is 7. The number of anilines is 1. The summed E-state index contributed by atoms with van der Waals surface area (Å²) >= 11 is 0. The average molecular weight is 258 g/mol. The highest BCUT2D eigenvalue weighted by Crippen LogP contribution is 2.18. The van der Waals surface area contributed by atoms with Crippen molar-refractivity contribution in [3.8, 4) is 11.5 Å². The largest absolute Gasteiger partial charge is 0.497 e. The van der Waals surface area contributed by atoms with E-state index in [0.29, 0.717) is 6.61 Å². The number of aromatic nitrogens is 1. The van der Waals surface area contributed by atoms with E-state index in [0.717, 1.165) is 30.3 Å². The highest BCUT2D eigenvalue weighted by molar-refractivity contribution is 5.33. The summed E-state index contributed by atoms with van der Waals surface area (Å²) < 4.78 is 10.8. The van der Waals surface area contributed by atoms with Gasteiger partial charge in [0, 0.05) is 18.8 Å². The normalized spacial score (nSPS) is 9.95. The summed E-state index contributed by atoms with van der Waals surface area (Å²) in [5.41, 5.74) is 0. The van der Waals surface area contributed by atoms with Crippen LogP contribution in [0.1, 0.15) is 6.42 Å². The van der Waals surface area contributed by atoms with E-state index in [1.165, 1.54) is 0 Å². The van der Waals surface area contributed by atoms with Crippen LogP contribution < -0.4 is 14.8 Å². The molecule has 1 aromatic heterocycles. The minimum Gasteiger partial charge on any atom is -0.497 e. The Morgan fingerprint density at radius 2 is 2.00 bits per heavy atom. The van der Waals surface area contributed by atoms with Crippen LogP contribution in [0.2, 0.25) is 0 Å². The number of benzene rings is 1. The second kappa shape index (κ2) is 7.26. The monoisotopic (exact) mass is 258 g/mol. The lowest BCUT2D eigenvalue weighted by Gasteiger charge is -2.08. The first-order valence-corrected chi connectivity index (χ1v) is 6.30. The maximum Gasteiger partial charge on any atom is 0.125 e. The predicted molar refractivity (Wildman–Crippen MR) is 75.8 cm³/mol. The number of hydrogen-bond acceptors (Lipinski definition) is 4. The molecule has 1 N–H and O–H groups in total. The van der Waals surface area contributed by atoms with E-state index >= 15 is 0 Å². The molecule has 0 atom stereocenters. The molecule has 0 saturated heterocycles. The molecular formula is C15H18N2O2. The molecule has 0 radical (unpaired) electrons. The van der Waals surface area contributed by atoms with Gasteiger partial charge in [0.1, 0.15) is 17.3 Å². The molecule has 0 bridgehead atoms. The van der Waals surface area contributed by atoms with Crippen LogP contribution in [0.4, 0.5) is 5.82 Å². The average Bonchev–Trinajstić information content (AvgIpc) is 2.48. The van der Waals surface area contributed by atoms with Crippen LogP contribution in [0.25, 0.3) is 0 Å². The van der Waals surface area contributed by atoms with Crippen molar-refractivity contribution in [1.82, 2.24) is 4.98 Å². The van der Waals surface area contributed by atoms with Crippen LogP contribution in [0.5, 0.6) is 11.5 Å². The summed E-state index contributed by atoms with van der Waals surface area (Å²) in [4.78, 5) is 4.19. The third-order valence-electron chi connectivity index (χ3n) is 2.60. The molecule has 2 aromatic rings. The van der Waals surface area contributed by atoms with E-state index in [9.17, 15) is 0 Å². The van der Waals surface area contributed by atoms with E-state index < -0.39 is 0 Å². The lowest BCUT2D eigenvalue weighted by Crippen LogP contribution is -2.08. The summed E-state index contributed by atoms with van der Waals surface area (Å²) in [6.07, 6.45) is 2.68. The van der Waals surface area contributed by atoms with Crippen molar-refractivity contribution in [1.29, 1.82) is 0 Å². The van der Waals surface area contributed by atoms with E-state index in [-0.39, 0.29) is 0 Å². The molecule has 19 heavy (non-hydrogen) atoms. The zero-order chi connectivity index (χ0) is 13.3. The molecule has 0 spiro atoms. The van der Waals surface area contributed by atoms with Gasteiger partial charge in [-0.1, -0.05) is 12.1 Å². The highest BCUT2D eigenvalue weighted by Gasteiger charge is 1.97. The molecule has 0 aliphatic carbocycles. The van der Waals surface area contributed by atoms with Crippen molar-refractivity contribution >= 4 is 5.82 Å². The quantitative estimate of drug-likeness (QED) is 0.775. The van der Waals surface area contributed by atoms with Gasteiger partial charge in [-0.15, -0.1) is 0 Å². The number of nitrogens with zero attached hydrogens (tertiary/aromatic N) is 1. The molecule has 4 heteroatoms. The molecule has 1 heterocycles. The van der Waals surface area contributed by atoms with Gasteiger partial charge in [0.2, 0.25) is 0 Å². The number of nitrogens with one attached hydrogen (secondary N) is 1. The Bertz CT molecular complexity index is 489. The van der Waals surface area contributed by atoms with E-state index in [1.54, 1.807) is 13.3 Å². The predicted octanol–water partition coefficient (Wildman–Crippen LogP) is 2.97. The Hall–Kier alpha value is -2.23. The molecule has 0 aliphatic heterocycles. The first-order valence-electron chi connectivity index (χ1n) is 6.30. The third-order valence-corrected chi connectivity index (χ3v) is 2.60. The van der Waals surface area contributed by atoms with Gasteiger partial charge in [-0.3, -0.25) is 0 Å². The number of ether oxygens (including phenoxy) is 2. The molecule has 0 saturated carbocycles. The molecule has 0 unspecified atom stereocenters. The van der Waals surface area contributed by atoms with Crippen molar-refractivity contribution < 1.29 is 9.47 Å². The molecule has 1 aromatic carbocycles. The minimum atomic E-state index is 0.660. The van der Waals surface area contributed by atoms with Gasteiger partial charge in [0.05, 0.1) is 13.7 Å². The summed E-state index contributed by atoms with van der Waals surface area (Å²) in [7, 11) is 1.65. The molecular weight excluding hydrogens is 240 g/mol. The number of methoxy groups -OCH3 is 1. The van der Waals surface area contributed by atoms with Crippen LogP contribution >= 0.6 is 0 Å². The Morgan fingerprint density at radius 1 is 1.11 bits per heavy atom. The molecule has 2 rings (SSSR count). The van der Waals surface area contributed by atoms with Crippen LogP contribution in [-0.2, 0) is 0 Å². The Balaban J connectivity index is 1.66. The molecule has 0 aliphatic rings. The Kier molecular flexibility index (Phi) is 5.05. The van der Waals surface area contributed by atoms with Gasteiger partial charge >= 0.3 is 0 Å². The summed E-state index contributed by atoms with van der Waals surface area (Å²) in [6.45, 7) is 1.49. The molecule has 0 fully saturated rings. The summed E-state index contributed by atoms with van der Waals surface area (Å²) in [5.74, 6) is 2.53. The first kappa shape index (κ1) is 13.2. The fraction of sp³-hybridized carbons (Fsp3) is 0.267. The van der Waals surface area contributed by atoms with E-state index in [4.69, 9.17) is 9.47 Å². The summed E-state index contributed by atoms with van der Waals surface area (Å²) in [6, 6.07) is 13.4. The Labute approximate surface area is 113 Å².